The van der Waals surface area contributed by atoms with Gasteiger partial charge in [-0.25, -0.2) is 0 Å². The van der Waals surface area contributed by atoms with Crippen LogP contribution in [-0.4, -0.2) is 34.9 Å². The molecule has 0 aromatic carbocycles. The molecule has 0 aromatic heterocycles. The number of hydrogen-bond acceptors (Lipinski definition) is 3. The molecule has 2 unspecified atom stereocenters. The van der Waals surface area contributed by atoms with Gasteiger partial charge in [-0.15, -0.1) is 0 Å². The minimum atomic E-state index is -0.862. The molecule has 3 N–H and O–H groups in total. The summed E-state index contributed by atoms with van der Waals surface area (Å²) in [5, 5.41) is 23.0. The predicted octanol–water partition coefficient (Wildman–Crippen LogP) is 13.8. The second-order valence-electron chi connectivity index (χ2n) is 15.1. The number of amides is 1. The van der Waals surface area contributed by atoms with E-state index in [4.69, 9.17) is 0 Å². The Morgan fingerprint density at radius 3 is 1.16 bits per heavy atom. The number of aliphatic hydroxyl groups excluding tert-OH is 2. The van der Waals surface area contributed by atoms with Crippen molar-refractivity contribution in [3.05, 3.63) is 36.5 Å². The number of carbonyl (C=O) groups excluding carboxylic acids is 1. The average molecular weight is 702 g/mol. The van der Waals surface area contributed by atoms with Gasteiger partial charge in [-0.2, -0.15) is 0 Å². The van der Waals surface area contributed by atoms with Crippen LogP contribution in [0.4, 0.5) is 0 Å². The lowest BCUT2D eigenvalue weighted by Crippen LogP contribution is -2.45. The van der Waals surface area contributed by atoms with Crippen LogP contribution >= 0.6 is 0 Å². The lowest BCUT2D eigenvalue weighted by molar-refractivity contribution is -0.123. The molecule has 4 nitrogen and oxygen atoms in total. The third kappa shape index (κ3) is 37.9. The Labute approximate surface area is 312 Å². The largest absolute Gasteiger partial charge is 0.394 e. The van der Waals surface area contributed by atoms with Gasteiger partial charge in [0, 0.05) is 6.42 Å². The van der Waals surface area contributed by atoms with Crippen LogP contribution in [0.5, 0.6) is 0 Å². The van der Waals surface area contributed by atoms with Crippen LogP contribution in [0.1, 0.15) is 232 Å². The number of nitrogens with one attached hydrogen (secondary N) is 1. The number of carbonyl (C=O) groups is 1. The van der Waals surface area contributed by atoms with Gasteiger partial charge >= 0.3 is 0 Å². The molecule has 0 radical (unpaired) electrons. The Morgan fingerprint density at radius 2 is 0.780 bits per heavy atom. The van der Waals surface area contributed by atoms with Gasteiger partial charge in [-0.3, -0.25) is 4.79 Å². The third-order valence-electron chi connectivity index (χ3n) is 10.1. The smallest absolute Gasteiger partial charge is 0.220 e. The first-order valence-electron chi connectivity index (χ1n) is 22.2. The fraction of sp³-hybridized carbons (Fsp3) is 0.848. The minimum absolute atomic E-state index is 0.0774. The van der Waals surface area contributed by atoms with Crippen molar-refractivity contribution < 1.29 is 15.0 Å². The van der Waals surface area contributed by atoms with Crippen LogP contribution in [-0.2, 0) is 4.79 Å². The highest BCUT2D eigenvalue weighted by Gasteiger charge is 2.17. The molecule has 2 atom stereocenters. The predicted molar refractivity (Wildman–Crippen MR) is 221 cm³/mol. The standard InChI is InChI=1S/C46H87NO3/c1-3-5-7-9-11-13-15-17-19-21-23-25-27-29-31-33-35-37-39-41-45(49)44(43-48)47-46(50)42-40-38-36-34-32-30-28-26-24-22-20-18-16-14-12-10-8-6-4-2/h22,24,31,33,39,41,44-45,48-49H,3-21,23,25-30,32,34-38,40,42-43H2,1-2H3,(H,47,50)/b24-22-,33-31+,41-39+. The van der Waals surface area contributed by atoms with E-state index < -0.39 is 12.1 Å². The molecule has 0 saturated heterocycles. The summed E-state index contributed by atoms with van der Waals surface area (Å²) in [4.78, 5) is 12.4. The molecule has 0 aliphatic heterocycles. The van der Waals surface area contributed by atoms with Crippen LogP contribution in [0.3, 0.4) is 0 Å². The van der Waals surface area contributed by atoms with Gasteiger partial charge in [0.25, 0.3) is 0 Å². The summed E-state index contributed by atoms with van der Waals surface area (Å²) in [6, 6.07) is -0.640. The monoisotopic (exact) mass is 702 g/mol. The Hall–Kier alpha value is -1.39. The first kappa shape index (κ1) is 48.6. The van der Waals surface area contributed by atoms with Gasteiger partial charge in [0.2, 0.25) is 5.91 Å². The van der Waals surface area contributed by atoms with E-state index in [9.17, 15) is 15.0 Å². The second-order valence-corrected chi connectivity index (χ2v) is 15.1. The van der Waals surface area contributed by atoms with Crippen molar-refractivity contribution in [2.24, 2.45) is 0 Å². The highest BCUT2D eigenvalue weighted by atomic mass is 16.3. The van der Waals surface area contributed by atoms with Crippen molar-refractivity contribution in [2.45, 2.75) is 244 Å². The lowest BCUT2D eigenvalue weighted by atomic mass is 10.0. The van der Waals surface area contributed by atoms with Gasteiger partial charge in [0.15, 0.2) is 0 Å². The quantitative estimate of drug-likeness (QED) is 0.0440. The first-order valence-corrected chi connectivity index (χ1v) is 22.2. The molecule has 0 aromatic rings. The van der Waals surface area contributed by atoms with Crippen molar-refractivity contribution in [2.75, 3.05) is 6.61 Å². The van der Waals surface area contributed by atoms with E-state index in [0.29, 0.717) is 6.42 Å². The summed E-state index contributed by atoms with van der Waals surface area (Å²) >= 11 is 0. The molecule has 0 bridgehead atoms. The highest BCUT2D eigenvalue weighted by molar-refractivity contribution is 5.76. The van der Waals surface area contributed by atoms with Crippen molar-refractivity contribution in [1.29, 1.82) is 0 Å². The van der Waals surface area contributed by atoms with Crippen molar-refractivity contribution in [3.63, 3.8) is 0 Å². The number of allylic oxidation sites excluding steroid dienone is 5. The fourth-order valence-electron chi connectivity index (χ4n) is 6.66. The SMILES string of the molecule is CCCCCCCCCC/C=C\CCCCCCCCCC(=O)NC(CO)C(O)/C=C/CC/C=C/CCCCCCCCCCCCCCC. The van der Waals surface area contributed by atoms with Crippen LogP contribution in [0.25, 0.3) is 0 Å². The van der Waals surface area contributed by atoms with E-state index in [1.165, 1.54) is 180 Å². The zero-order valence-corrected chi connectivity index (χ0v) is 33.7. The molecule has 4 heteroatoms. The highest BCUT2D eigenvalue weighted by Crippen LogP contribution is 2.14. The number of hydrogen-bond donors (Lipinski definition) is 3. The number of unbranched alkanes of at least 4 members (excludes halogenated alkanes) is 29. The Kier molecular flexibility index (Phi) is 40.9. The van der Waals surface area contributed by atoms with Gasteiger partial charge in [0.05, 0.1) is 18.8 Å². The molecule has 0 aliphatic carbocycles. The Bertz CT molecular complexity index is 760. The van der Waals surface area contributed by atoms with E-state index in [-0.39, 0.29) is 12.5 Å². The molecular formula is C46H87NO3. The van der Waals surface area contributed by atoms with E-state index in [2.05, 4.69) is 43.5 Å². The Morgan fingerprint density at radius 1 is 0.460 bits per heavy atom. The van der Waals surface area contributed by atoms with Gasteiger partial charge in [-0.1, -0.05) is 204 Å². The minimum Gasteiger partial charge on any atom is -0.394 e. The molecule has 0 rings (SSSR count). The van der Waals surface area contributed by atoms with Gasteiger partial charge in [0.1, 0.15) is 0 Å². The summed E-state index contributed by atoms with van der Waals surface area (Å²) in [5.41, 5.74) is 0. The molecule has 1 amide bonds. The fourth-order valence-corrected chi connectivity index (χ4v) is 6.66. The van der Waals surface area contributed by atoms with E-state index in [1.807, 2.05) is 6.08 Å². The molecular weight excluding hydrogens is 615 g/mol. The van der Waals surface area contributed by atoms with Gasteiger partial charge in [-0.05, 0) is 57.8 Å². The van der Waals surface area contributed by atoms with E-state index in [1.54, 1.807) is 6.08 Å². The van der Waals surface area contributed by atoms with E-state index >= 15 is 0 Å². The summed E-state index contributed by atoms with van der Waals surface area (Å²) < 4.78 is 0. The molecule has 0 heterocycles. The van der Waals surface area contributed by atoms with Crippen LogP contribution < -0.4 is 5.32 Å². The first-order chi connectivity index (χ1) is 24.7. The molecule has 0 saturated carbocycles. The zero-order chi connectivity index (χ0) is 36.4. The maximum atomic E-state index is 12.4. The van der Waals surface area contributed by atoms with Gasteiger partial charge < -0.3 is 15.5 Å². The number of rotatable bonds is 40. The van der Waals surface area contributed by atoms with Crippen LogP contribution in [0.2, 0.25) is 0 Å². The summed E-state index contributed by atoms with van der Waals surface area (Å²) in [7, 11) is 0. The van der Waals surface area contributed by atoms with Crippen molar-refractivity contribution in [1.82, 2.24) is 5.32 Å². The molecule has 0 spiro atoms. The maximum absolute atomic E-state index is 12.4. The van der Waals surface area contributed by atoms with Crippen molar-refractivity contribution >= 4 is 5.91 Å². The molecule has 0 fully saturated rings. The van der Waals surface area contributed by atoms with Crippen LogP contribution in [0.15, 0.2) is 36.5 Å². The normalized spacial score (nSPS) is 13.3. The summed E-state index contributed by atoms with van der Waals surface area (Å²) in [6.07, 6.45) is 55.4. The summed E-state index contributed by atoms with van der Waals surface area (Å²) in [6.45, 7) is 4.30. The van der Waals surface area contributed by atoms with E-state index in [0.717, 1.165) is 32.1 Å². The number of aliphatic hydroxyl groups is 2. The third-order valence-corrected chi connectivity index (χ3v) is 10.1. The molecule has 0 aliphatic rings. The Balaban J connectivity index is 3.61. The maximum Gasteiger partial charge on any atom is 0.220 e. The lowest BCUT2D eigenvalue weighted by Gasteiger charge is -2.19. The molecule has 50 heavy (non-hydrogen) atoms. The average Bonchev–Trinajstić information content (AvgIpc) is 3.12. The topological polar surface area (TPSA) is 69.6 Å². The van der Waals surface area contributed by atoms with Crippen molar-refractivity contribution in [3.8, 4) is 0 Å². The molecule has 294 valence electrons. The second kappa shape index (κ2) is 42.0. The zero-order valence-electron chi connectivity index (χ0n) is 33.7. The van der Waals surface area contributed by atoms with Crippen LogP contribution in [0, 0.1) is 0 Å². The summed E-state index contributed by atoms with van der Waals surface area (Å²) in [5.74, 6) is -0.0774.